The number of nitriles is 5. The molecule has 0 aliphatic heterocycles. The lowest BCUT2D eigenvalue weighted by Gasteiger charge is -2.21. The summed E-state index contributed by atoms with van der Waals surface area (Å²) in [7, 11) is 0. The highest BCUT2D eigenvalue weighted by molar-refractivity contribution is 6.14. The zero-order chi connectivity index (χ0) is 55.6. The Hall–Kier alpha value is -11.2. The smallest absolute Gasteiger partial charge is 0.308 e. The van der Waals surface area contributed by atoms with E-state index in [1.54, 1.807) is 130 Å². The molecule has 0 saturated carbocycles. The van der Waals surface area contributed by atoms with Crippen LogP contribution in [0.4, 0.5) is 26.3 Å². The highest BCUT2D eigenvalue weighted by Gasteiger charge is 2.39. The predicted octanol–water partition coefficient (Wildman–Crippen LogP) is 17.6. The van der Waals surface area contributed by atoms with Crippen molar-refractivity contribution >= 4 is 43.6 Å². The molecule has 0 radical (unpaired) electrons. The van der Waals surface area contributed by atoms with Gasteiger partial charge in [-0.25, -0.2) is 0 Å². The fourth-order valence-corrected chi connectivity index (χ4v) is 11.0. The van der Waals surface area contributed by atoms with Gasteiger partial charge in [0, 0.05) is 21.5 Å². The lowest BCUT2D eigenvalue weighted by atomic mass is 9.94. The number of hydrogen-bond donors (Lipinski definition) is 0. The highest BCUT2D eigenvalue weighted by atomic mass is 19.4. The van der Waals surface area contributed by atoms with E-state index in [2.05, 4.69) is 30.3 Å². The highest BCUT2D eigenvalue weighted by Crippen LogP contribution is 2.47. The Morgan fingerprint density at radius 1 is 0.300 bits per heavy atom. The van der Waals surface area contributed by atoms with Gasteiger partial charge in [-0.3, -0.25) is 0 Å². The standard InChI is InChI=1S/C67H33F6N7/c68-66(69,70)48-21-22-53(59(33-48)67(71,72)73)47-31-64(79-60-23-17-39(49-13-5-1-9-43(49)34-74)27-54(60)55-28-40(18-24-61(55)79)50-14-6-2-10-44(50)35-75)58(38-78)65(32-47)80-62-25-19-41(51-15-7-3-11-45(51)36-76)29-56(62)57-30-42(20-26-63(57)80)52-16-8-4-12-46(52)37-77/h1-33H. The summed E-state index contributed by atoms with van der Waals surface area (Å²) in [6.45, 7) is 0. The van der Waals surface area contributed by atoms with Crippen LogP contribution in [0.15, 0.2) is 200 Å². The summed E-state index contributed by atoms with van der Waals surface area (Å²) in [5, 5.41) is 54.9. The van der Waals surface area contributed by atoms with E-state index in [-0.39, 0.29) is 28.6 Å². The summed E-state index contributed by atoms with van der Waals surface area (Å²) in [5.74, 6) is 0. The lowest BCUT2D eigenvalue weighted by Crippen LogP contribution is -2.12. The van der Waals surface area contributed by atoms with Crippen LogP contribution in [0.2, 0.25) is 0 Å². The van der Waals surface area contributed by atoms with E-state index in [0.717, 1.165) is 6.07 Å². The molecule has 10 aromatic carbocycles. The molecular formula is C67H33F6N7. The third kappa shape index (κ3) is 8.21. The van der Waals surface area contributed by atoms with Gasteiger partial charge in [-0.2, -0.15) is 52.7 Å². The van der Waals surface area contributed by atoms with Gasteiger partial charge in [0.2, 0.25) is 0 Å². The first-order valence-corrected chi connectivity index (χ1v) is 24.7. The summed E-state index contributed by atoms with van der Waals surface area (Å²) in [6.07, 6.45) is -10.4. The van der Waals surface area contributed by atoms with Crippen LogP contribution < -0.4 is 0 Å². The van der Waals surface area contributed by atoms with Crippen molar-refractivity contribution in [3.63, 3.8) is 0 Å². The minimum Gasteiger partial charge on any atom is -0.308 e. The predicted molar refractivity (Wildman–Crippen MR) is 296 cm³/mol. The first-order chi connectivity index (χ1) is 38.7. The second-order valence-corrected chi connectivity index (χ2v) is 19.0. The number of aromatic nitrogens is 2. The van der Waals surface area contributed by atoms with Gasteiger partial charge in [0.1, 0.15) is 11.6 Å². The SMILES string of the molecule is N#Cc1ccccc1-c1ccc2c(c1)c1cc(-c3ccccc3C#N)ccc1n2-c1cc(-c2ccc(C(F)(F)F)cc2C(F)(F)F)cc(-n2c3ccc(-c4ccccc4C#N)cc3c3cc(-c4ccccc4C#N)ccc32)c1C#N. The number of alkyl halides is 6. The van der Waals surface area contributed by atoms with Crippen molar-refractivity contribution in [2.45, 2.75) is 12.4 Å². The molecule has 0 fully saturated rings. The molecule has 0 aliphatic rings. The van der Waals surface area contributed by atoms with Crippen molar-refractivity contribution < 1.29 is 26.3 Å². The summed E-state index contributed by atoms with van der Waals surface area (Å²) < 4.78 is 92.8. The van der Waals surface area contributed by atoms with Gasteiger partial charge in [0.05, 0.1) is 91.1 Å². The Morgan fingerprint density at radius 2 is 0.625 bits per heavy atom. The first kappa shape index (κ1) is 49.7. The Kier molecular flexibility index (Phi) is 11.9. The molecule has 0 amide bonds. The Balaban J connectivity index is 1.23. The van der Waals surface area contributed by atoms with Gasteiger partial charge in [-0.1, -0.05) is 103 Å². The van der Waals surface area contributed by atoms with Crippen LogP contribution in [0.25, 0.3) is 111 Å². The Morgan fingerprint density at radius 3 is 0.912 bits per heavy atom. The fraction of sp³-hybridized carbons (Fsp3) is 0.0299. The summed E-state index contributed by atoms with van der Waals surface area (Å²) >= 11 is 0. The normalized spacial score (nSPS) is 11.6. The van der Waals surface area contributed by atoms with Crippen LogP contribution >= 0.6 is 0 Å². The largest absolute Gasteiger partial charge is 0.417 e. The van der Waals surface area contributed by atoms with Crippen molar-refractivity contribution in [1.29, 1.82) is 26.3 Å². The minimum absolute atomic E-state index is 0.0255. The van der Waals surface area contributed by atoms with Crippen LogP contribution in [-0.4, -0.2) is 9.13 Å². The van der Waals surface area contributed by atoms with E-state index in [0.29, 0.717) is 116 Å². The molecule has 0 N–H and O–H groups in total. The zero-order valence-corrected chi connectivity index (χ0v) is 41.5. The van der Waals surface area contributed by atoms with Crippen LogP contribution in [0.5, 0.6) is 0 Å². The number of hydrogen-bond acceptors (Lipinski definition) is 5. The monoisotopic (exact) mass is 1050 g/mol. The maximum Gasteiger partial charge on any atom is 0.417 e. The summed E-state index contributed by atoms with van der Waals surface area (Å²) in [6, 6.07) is 65.7. The maximum atomic E-state index is 15.4. The summed E-state index contributed by atoms with van der Waals surface area (Å²) in [5.41, 5.74) is 4.96. The molecule has 2 heterocycles. The molecule has 0 atom stereocenters. The van der Waals surface area contributed by atoms with Crippen molar-refractivity contribution in [3.05, 3.63) is 239 Å². The molecule has 0 unspecified atom stereocenters. The molecule has 80 heavy (non-hydrogen) atoms. The van der Waals surface area contributed by atoms with E-state index < -0.39 is 29.0 Å². The Bertz CT molecular complexity index is 4340. The average Bonchev–Trinajstić information content (AvgIpc) is 4.13. The van der Waals surface area contributed by atoms with Crippen molar-refractivity contribution in [3.8, 4) is 97.4 Å². The van der Waals surface area contributed by atoms with E-state index >= 15 is 13.2 Å². The third-order valence-corrected chi connectivity index (χ3v) is 14.6. The fourth-order valence-electron chi connectivity index (χ4n) is 11.0. The number of nitrogens with zero attached hydrogens (tertiary/aromatic N) is 7. The van der Waals surface area contributed by atoms with Gasteiger partial charge >= 0.3 is 12.4 Å². The van der Waals surface area contributed by atoms with E-state index in [9.17, 15) is 39.5 Å². The molecule has 13 heteroatoms. The van der Waals surface area contributed by atoms with Gasteiger partial charge in [0.15, 0.2) is 0 Å². The average molecular weight is 1050 g/mol. The molecular weight excluding hydrogens is 1020 g/mol. The van der Waals surface area contributed by atoms with E-state index in [1.165, 1.54) is 12.1 Å². The van der Waals surface area contributed by atoms with Gasteiger partial charge in [0.25, 0.3) is 0 Å². The molecule has 0 bridgehead atoms. The molecule has 12 aromatic rings. The van der Waals surface area contributed by atoms with Gasteiger partial charge in [-0.15, -0.1) is 0 Å². The topological polar surface area (TPSA) is 129 Å². The van der Waals surface area contributed by atoms with Crippen LogP contribution in [0.1, 0.15) is 38.9 Å². The second-order valence-electron chi connectivity index (χ2n) is 19.0. The first-order valence-electron chi connectivity index (χ1n) is 24.7. The molecule has 12 rings (SSSR count). The number of benzene rings is 10. The summed E-state index contributed by atoms with van der Waals surface area (Å²) in [4.78, 5) is 0. The van der Waals surface area contributed by atoms with Crippen molar-refractivity contribution in [2.24, 2.45) is 0 Å². The molecule has 0 spiro atoms. The third-order valence-electron chi connectivity index (χ3n) is 14.6. The minimum atomic E-state index is -5.29. The Labute approximate surface area is 452 Å². The van der Waals surface area contributed by atoms with Crippen LogP contribution in [0.3, 0.4) is 0 Å². The van der Waals surface area contributed by atoms with Crippen LogP contribution in [0, 0.1) is 56.7 Å². The molecule has 7 nitrogen and oxygen atoms in total. The second kappa shape index (κ2) is 19.1. The zero-order valence-electron chi connectivity index (χ0n) is 41.5. The van der Waals surface area contributed by atoms with Crippen LogP contribution in [-0.2, 0) is 12.4 Å². The van der Waals surface area contributed by atoms with E-state index in [4.69, 9.17) is 0 Å². The quantitative estimate of drug-likeness (QED) is 0.147. The molecule has 378 valence electrons. The molecule has 0 aliphatic carbocycles. The maximum absolute atomic E-state index is 15.4. The van der Waals surface area contributed by atoms with E-state index in [1.807, 2.05) is 48.5 Å². The number of fused-ring (bicyclic) bond motifs is 6. The van der Waals surface area contributed by atoms with Gasteiger partial charge < -0.3 is 9.13 Å². The number of rotatable bonds is 7. The van der Waals surface area contributed by atoms with Crippen molar-refractivity contribution in [1.82, 2.24) is 9.13 Å². The number of halogens is 6. The lowest BCUT2D eigenvalue weighted by molar-refractivity contribution is -0.142. The molecule has 0 saturated heterocycles. The van der Waals surface area contributed by atoms with Crippen molar-refractivity contribution in [2.75, 3.05) is 0 Å². The molecule has 2 aromatic heterocycles. The van der Waals surface area contributed by atoms with Gasteiger partial charge in [-0.05, 0) is 153 Å².